The number of unbranched alkanes of at least 4 members (excludes halogenated alkanes) is 3. The lowest BCUT2D eigenvalue weighted by Crippen LogP contribution is -1.90. The van der Waals surface area contributed by atoms with Gasteiger partial charge in [-0.05, 0) is 25.5 Å². The van der Waals surface area contributed by atoms with Crippen LogP contribution < -0.4 is 4.74 Å². The van der Waals surface area contributed by atoms with Crippen LogP contribution in [0.15, 0.2) is 23.4 Å². The van der Waals surface area contributed by atoms with Gasteiger partial charge in [-0.25, -0.2) is 4.98 Å². The number of nitrogens with zero attached hydrogens (tertiary/aromatic N) is 1. The van der Waals surface area contributed by atoms with Crippen LogP contribution in [0.1, 0.15) is 39.5 Å². The van der Waals surface area contributed by atoms with Crippen molar-refractivity contribution < 1.29 is 4.74 Å². The molecule has 2 aromatic rings. The Kier molecular flexibility index (Phi) is 5.58. The summed E-state index contributed by atoms with van der Waals surface area (Å²) in [6, 6.07) is 6.01. The fraction of sp³-hybridized carbons (Fsp3) is 0.533. The molecule has 104 valence electrons. The molecule has 0 radical (unpaired) electrons. The highest BCUT2D eigenvalue weighted by Gasteiger charge is 2.04. The summed E-state index contributed by atoms with van der Waals surface area (Å²) in [5.74, 6) is 2.04. The Bertz CT molecular complexity index is 510. The van der Waals surface area contributed by atoms with Gasteiger partial charge in [0.05, 0.1) is 17.6 Å². The Hall–Kier alpha value is -1.16. The molecule has 0 spiro atoms. The Balaban J connectivity index is 1.93. The zero-order valence-electron chi connectivity index (χ0n) is 11.7. The lowest BCUT2D eigenvalue weighted by atomic mass is 10.2. The minimum absolute atomic E-state index is 0.693. The number of hydrogen-bond acceptors (Lipinski definition) is 3. The number of hydrogen-bond donors (Lipinski definition) is 1. The van der Waals surface area contributed by atoms with Gasteiger partial charge >= 0.3 is 0 Å². The number of aromatic amines is 1. The van der Waals surface area contributed by atoms with E-state index in [0.717, 1.165) is 27.7 Å². The van der Waals surface area contributed by atoms with Crippen molar-refractivity contribution in [3.05, 3.63) is 18.2 Å². The second kappa shape index (κ2) is 7.43. The third kappa shape index (κ3) is 4.16. The molecule has 1 aromatic heterocycles. The number of rotatable bonds is 8. The second-order valence-corrected chi connectivity index (χ2v) is 5.65. The predicted octanol–water partition coefficient (Wildman–Crippen LogP) is 4.63. The molecule has 0 saturated heterocycles. The maximum absolute atomic E-state index is 5.49. The van der Waals surface area contributed by atoms with E-state index in [9.17, 15) is 0 Å². The van der Waals surface area contributed by atoms with Crippen LogP contribution in [0, 0.1) is 0 Å². The molecular weight excluding hydrogens is 256 g/mol. The Morgan fingerprint density at radius 3 is 2.89 bits per heavy atom. The molecular formula is C15H22N2OS. The van der Waals surface area contributed by atoms with Crippen LogP contribution in [-0.2, 0) is 0 Å². The third-order valence-corrected chi connectivity index (χ3v) is 3.94. The van der Waals surface area contributed by atoms with Gasteiger partial charge in [-0.3, -0.25) is 0 Å². The van der Waals surface area contributed by atoms with Crippen LogP contribution in [0.5, 0.6) is 5.75 Å². The first-order valence-electron chi connectivity index (χ1n) is 7.09. The number of benzene rings is 1. The summed E-state index contributed by atoms with van der Waals surface area (Å²) >= 11 is 1.81. The topological polar surface area (TPSA) is 37.9 Å². The summed E-state index contributed by atoms with van der Waals surface area (Å²) < 4.78 is 5.49. The number of H-pyrrole nitrogens is 1. The average molecular weight is 278 g/mol. The van der Waals surface area contributed by atoms with E-state index in [0.29, 0.717) is 6.61 Å². The normalized spacial score (nSPS) is 11.1. The average Bonchev–Trinajstić information content (AvgIpc) is 2.81. The van der Waals surface area contributed by atoms with Crippen molar-refractivity contribution in [2.75, 3.05) is 12.4 Å². The minimum atomic E-state index is 0.693. The van der Waals surface area contributed by atoms with E-state index in [2.05, 4.69) is 16.9 Å². The summed E-state index contributed by atoms with van der Waals surface area (Å²) in [6.07, 6.45) is 5.20. The van der Waals surface area contributed by atoms with Crippen LogP contribution in [0.3, 0.4) is 0 Å². The van der Waals surface area contributed by atoms with E-state index in [1.165, 1.54) is 25.7 Å². The van der Waals surface area contributed by atoms with Gasteiger partial charge in [0.25, 0.3) is 0 Å². The fourth-order valence-corrected chi connectivity index (χ4v) is 2.87. The van der Waals surface area contributed by atoms with Gasteiger partial charge in [0.15, 0.2) is 5.16 Å². The monoisotopic (exact) mass is 278 g/mol. The van der Waals surface area contributed by atoms with Gasteiger partial charge in [-0.1, -0.05) is 37.9 Å². The smallest absolute Gasteiger partial charge is 0.166 e. The number of aromatic nitrogens is 2. The quantitative estimate of drug-likeness (QED) is 0.565. The summed E-state index contributed by atoms with van der Waals surface area (Å²) in [4.78, 5) is 7.94. The van der Waals surface area contributed by atoms with E-state index < -0.39 is 0 Å². The summed E-state index contributed by atoms with van der Waals surface area (Å²) in [5, 5.41) is 1.01. The van der Waals surface area contributed by atoms with E-state index in [1.54, 1.807) is 0 Å². The zero-order chi connectivity index (χ0) is 13.5. The van der Waals surface area contributed by atoms with Crippen molar-refractivity contribution >= 4 is 22.8 Å². The zero-order valence-corrected chi connectivity index (χ0v) is 12.6. The standard InChI is InChI=1S/C15H22N2OS/c1-3-5-6-7-10-19-15-16-13-9-8-12(18-4-2)11-14(13)17-15/h8-9,11H,3-7,10H2,1-2H3,(H,16,17). The molecule has 0 saturated carbocycles. The highest BCUT2D eigenvalue weighted by molar-refractivity contribution is 7.99. The lowest BCUT2D eigenvalue weighted by molar-refractivity contribution is 0.340. The molecule has 2 rings (SSSR count). The highest BCUT2D eigenvalue weighted by atomic mass is 32.2. The molecule has 4 heteroatoms. The van der Waals surface area contributed by atoms with Gasteiger partial charge in [-0.2, -0.15) is 0 Å². The summed E-state index contributed by atoms with van der Waals surface area (Å²) in [5.41, 5.74) is 2.07. The fourth-order valence-electron chi connectivity index (χ4n) is 1.99. The molecule has 0 bridgehead atoms. The lowest BCUT2D eigenvalue weighted by Gasteiger charge is -2.00. The second-order valence-electron chi connectivity index (χ2n) is 4.56. The predicted molar refractivity (Wildman–Crippen MR) is 82.1 cm³/mol. The first kappa shape index (κ1) is 14.3. The molecule has 1 N–H and O–H groups in total. The molecule has 1 heterocycles. The maximum Gasteiger partial charge on any atom is 0.166 e. The van der Waals surface area contributed by atoms with Crippen molar-refractivity contribution in [2.45, 2.75) is 44.7 Å². The van der Waals surface area contributed by atoms with Crippen LogP contribution in [0.25, 0.3) is 11.0 Å². The number of fused-ring (bicyclic) bond motifs is 1. The van der Waals surface area contributed by atoms with Gasteiger partial charge in [-0.15, -0.1) is 0 Å². The molecule has 0 atom stereocenters. The number of nitrogens with one attached hydrogen (secondary N) is 1. The SMILES string of the molecule is CCCCCCSc1nc2ccc(OCC)cc2[nH]1. The minimum Gasteiger partial charge on any atom is -0.494 e. The third-order valence-electron chi connectivity index (χ3n) is 2.98. The number of imidazole rings is 1. The maximum atomic E-state index is 5.49. The molecule has 0 aliphatic carbocycles. The molecule has 1 aromatic carbocycles. The van der Waals surface area contributed by atoms with E-state index in [4.69, 9.17) is 4.74 Å². The Labute approximate surface area is 119 Å². The van der Waals surface area contributed by atoms with Crippen molar-refractivity contribution in [3.8, 4) is 5.75 Å². The Morgan fingerprint density at radius 2 is 2.11 bits per heavy atom. The Morgan fingerprint density at radius 1 is 1.21 bits per heavy atom. The molecule has 3 nitrogen and oxygen atoms in total. The molecule has 0 aliphatic rings. The van der Waals surface area contributed by atoms with Gasteiger partial charge in [0.2, 0.25) is 0 Å². The van der Waals surface area contributed by atoms with E-state index in [-0.39, 0.29) is 0 Å². The molecule has 0 fully saturated rings. The summed E-state index contributed by atoms with van der Waals surface area (Å²) in [6.45, 7) is 4.93. The van der Waals surface area contributed by atoms with E-state index in [1.807, 2.05) is 36.9 Å². The van der Waals surface area contributed by atoms with Gasteiger partial charge in [0, 0.05) is 11.8 Å². The first-order chi connectivity index (χ1) is 9.33. The van der Waals surface area contributed by atoms with Crippen molar-refractivity contribution in [3.63, 3.8) is 0 Å². The van der Waals surface area contributed by atoms with Crippen LogP contribution >= 0.6 is 11.8 Å². The highest BCUT2D eigenvalue weighted by Crippen LogP contribution is 2.24. The first-order valence-corrected chi connectivity index (χ1v) is 8.07. The summed E-state index contributed by atoms with van der Waals surface area (Å²) in [7, 11) is 0. The molecule has 0 amide bonds. The van der Waals surface area contributed by atoms with Crippen molar-refractivity contribution in [1.29, 1.82) is 0 Å². The van der Waals surface area contributed by atoms with Crippen LogP contribution in [-0.4, -0.2) is 22.3 Å². The number of ether oxygens (including phenoxy) is 1. The van der Waals surface area contributed by atoms with E-state index >= 15 is 0 Å². The van der Waals surface area contributed by atoms with Gasteiger partial charge < -0.3 is 9.72 Å². The largest absolute Gasteiger partial charge is 0.494 e. The molecule has 0 aliphatic heterocycles. The van der Waals surface area contributed by atoms with Crippen LogP contribution in [0.2, 0.25) is 0 Å². The van der Waals surface area contributed by atoms with Crippen molar-refractivity contribution in [1.82, 2.24) is 9.97 Å². The van der Waals surface area contributed by atoms with Crippen molar-refractivity contribution in [2.24, 2.45) is 0 Å². The molecule has 19 heavy (non-hydrogen) atoms. The molecule has 0 unspecified atom stereocenters. The van der Waals surface area contributed by atoms with Gasteiger partial charge in [0.1, 0.15) is 5.75 Å². The number of thioether (sulfide) groups is 1. The van der Waals surface area contributed by atoms with Crippen LogP contribution in [0.4, 0.5) is 0 Å².